The predicted molar refractivity (Wildman–Crippen MR) is 101 cm³/mol. The van der Waals surface area contributed by atoms with Gasteiger partial charge in [0.15, 0.2) is 0 Å². The fraction of sp³-hybridized carbons (Fsp3) is 0.529. The lowest BCUT2D eigenvalue weighted by molar-refractivity contribution is 0.307. The van der Waals surface area contributed by atoms with Gasteiger partial charge in [-0.05, 0) is 37.5 Å². The molecule has 3 heterocycles. The van der Waals surface area contributed by atoms with Gasteiger partial charge in [-0.3, -0.25) is 0 Å². The van der Waals surface area contributed by atoms with E-state index in [9.17, 15) is 12.8 Å². The molecule has 1 aromatic heterocycles. The molecule has 0 unspecified atom stereocenters. The molecular weight excluding hydrogens is 393 g/mol. The van der Waals surface area contributed by atoms with Gasteiger partial charge in [0.05, 0.1) is 11.4 Å². The van der Waals surface area contributed by atoms with Crippen LogP contribution < -0.4 is 5.32 Å². The molecule has 10 heteroatoms. The molecule has 0 atom stereocenters. The summed E-state index contributed by atoms with van der Waals surface area (Å²) in [6.45, 7) is 4.96. The lowest BCUT2D eigenvalue weighted by atomic mass is 9.97. The Morgan fingerprint density at radius 2 is 1.93 bits per heavy atom. The number of hydrogen-bond acceptors (Lipinski definition) is 5. The number of nitrogens with zero attached hydrogens (tertiary/aromatic N) is 4. The molecule has 2 aliphatic heterocycles. The van der Waals surface area contributed by atoms with Crippen LogP contribution in [0, 0.1) is 12.7 Å². The smallest absolute Gasteiger partial charge is 0.243 e. The summed E-state index contributed by atoms with van der Waals surface area (Å²) < 4.78 is 43.0. The van der Waals surface area contributed by atoms with Crippen LogP contribution in [-0.2, 0) is 23.1 Å². The summed E-state index contributed by atoms with van der Waals surface area (Å²) >= 11 is 0. The zero-order chi connectivity index (χ0) is 18.3. The van der Waals surface area contributed by atoms with E-state index in [0.717, 1.165) is 37.3 Å². The Balaban J connectivity index is 0.00000210. The Hall–Kier alpha value is -1.55. The van der Waals surface area contributed by atoms with E-state index in [2.05, 4.69) is 20.1 Å². The van der Waals surface area contributed by atoms with Crippen molar-refractivity contribution in [3.8, 4) is 0 Å². The largest absolute Gasteiger partial charge is 0.312 e. The Labute approximate surface area is 164 Å². The summed E-state index contributed by atoms with van der Waals surface area (Å²) in [6, 6.07) is 3.90. The fourth-order valence-corrected chi connectivity index (χ4v) is 5.47. The SMILES string of the molecule is Cc1ccc(F)cc1S(=O)(=O)N1CCC(c2nnc3n2CCNC3)CC1.Cl. The Morgan fingerprint density at radius 1 is 1.19 bits per heavy atom. The number of rotatable bonds is 3. The van der Waals surface area contributed by atoms with Crippen molar-refractivity contribution in [2.75, 3.05) is 19.6 Å². The van der Waals surface area contributed by atoms with Gasteiger partial charge in [0, 0.05) is 32.1 Å². The zero-order valence-electron chi connectivity index (χ0n) is 15.1. The van der Waals surface area contributed by atoms with E-state index in [1.165, 1.54) is 16.4 Å². The number of aryl methyl sites for hydroxylation is 1. The van der Waals surface area contributed by atoms with Crippen molar-refractivity contribution in [2.45, 2.75) is 43.7 Å². The van der Waals surface area contributed by atoms with Gasteiger partial charge in [-0.15, -0.1) is 22.6 Å². The van der Waals surface area contributed by atoms with Crippen molar-refractivity contribution < 1.29 is 12.8 Å². The Morgan fingerprint density at radius 3 is 2.67 bits per heavy atom. The molecule has 0 aliphatic carbocycles. The molecule has 7 nitrogen and oxygen atoms in total. The molecule has 0 amide bonds. The zero-order valence-corrected chi connectivity index (χ0v) is 16.7. The van der Waals surface area contributed by atoms with Gasteiger partial charge < -0.3 is 9.88 Å². The second-order valence-electron chi connectivity index (χ2n) is 6.89. The highest BCUT2D eigenvalue weighted by Crippen LogP contribution is 2.31. The standard InChI is InChI=1S/C17H22FN5O2S.ClH/c1-12-2-3-14(18)10-15(12)26(24,25)22-7-4-13(5-8-22)17-21-20-16-11-19-6-9-23(16)17;/h2-3,10,13,19H,4-9,11H2,1H3;1H. The molecule has 27 heavy (non-hydrogen) atoms. The molecule has 0 bridgehead atoms. The van der Waals surface area contributed by atoms with Crippen LogP contribution in [0.5, 0.6) is 0 Å². The number of aromatic nitrogens is 3. The lowest BCUT2D eigenvalue weighted by Gasteiger charge is -2.31. The lowest BCUT2D eigenvalue weighted by Crippen LogP contribution is -2.39. The third-order valence-electron chi connectivity index (χ3n) is 5.24. The van der Waals surface area contributed by atoms with Gasteiger partial charge >= 0.3 is 0 Å². The van der Waals surface area contributed by atoms with Gasteiger partial charge in [-0.25, -0.2) is 12.8 Å². The highest BCUT2D eigenvalue weighted by atomic mass is 35.5. The molecule has 1 saturated heterocycles. The minimum Gasteiger partial charge on any atom is -0.312 e. The van der Waals surface area contributed by atoms with Crippen molar-refractivity contribution in [1.82, 2.24) is 24.4 Å². The molecule has 1 aromatic carbocycles. The second-order valence-corrected chi connectivity index (χ2v) is 8.80. The van der Waals surface area contributed by atoms with E-state index in [4.69, 9.17) is 0 Å². The van der Waals surface area contributed by atoms with Crippen molar-refractivity contribution >= 4 is 22.4 Å². The number of piperidine rings is 1. The van der Waals surface area contributed by atoms with Crippen LogP contribution >= 0.6 is 12.4 Å². The maximum atomic E-state index is 13.5. The highest BCUT2D eigenvalue weighted by Gasteiger charge is 2.33. The minimum absolute atomic E-state index is 0. The maximum Gasteiger partial charge on any atom is 0.243 e. The van der Waals surface area contributed by atoms with Crippen LogP contribution in [0.25, 0.3) is 0 Å². The van der Waals surface area contributed by atoms with Gasteiger partial charge in [0.1, 0.15) is 17.5 Å². The Kier molecular flexibility index (Phi) is 5.85. The van der Waals surface area contributed by atoms with Crippen LogP contribution in [0.15, 0.2) is 23.1 Å². The molecule has 1 fully saturated rings. The van der Waals surface area contributed by atoms with Crippen LogP contribution in [0.2, 0.25) is 0 Å². The van der Waals surface area contributed by atoms with Crippen molar-refractivity contribution in [3.05, 3.63) is 41.2 Å². The summed E-state index contributed by atoms with van der Waals surface area (Å²) in [7, 11) is -3.68. The van der Waals surface area contributed by atoms with E-state index in [0.29, 0.717) is 31.5 Å². The first-order valence-corrected chi connectivity index (χ1v) is 10.3. The maximum absolute atomic E-state index is 13.5. The van der Waals surface area contributed by atoms with Gasteiger partial charge in [-0.2, -0.15) is 4.31 Å². The van der Waals surface area contributed by atoms with Crippen LogP contribution in [0.1, 0.15) is 36.0 Å². The topological polar surface area (TPSA) is 80.1 Å². The molecule has 1 N–H and O–H groups in total. The first-order valence-electron chi connectivity index (χ1n) is 8.86. The number of halogens is 2. The molecule has 2 aromatic rings. The molecule has 0 saturated carbocycles. The second kappa shape index (κ2) is 7.83. The summed E-state index contributed by atoms with van der Waals surface area (Å²) in [6.07, 6.45) is 1.39. The molecule has 0 spiro atoms. The molecular formula is C17H23ClFN5O2S. The van der Waals surface area contributed by atoms with Crippen LogP contribution in [0.4, 0.5) is 4.39 Å². The van der Waals surface area contributed by atoms with Crippen LogP contribution in [0.3, 0.4) is 0 Å². The number of nitrogens with one attached hydrogen (secondary N) is 1. The first-order chi connectivity index (χ1) is 12.5. The minimum atomic E-state index is -3.68. The van der Waals surface area contributed by atoms with Gasteiger partial charge in [0.25, 0.3) is 0 Å². The third-order valence-corrected chi connectivity index (χ3v) is 7.28. The monoisotopic (exact) mass is 415 g/mol. The molecule has 148 valence electrons. The summed E-state index contributed by atoms with van der Waals surface area (Å²) in [5, 5.41) is 11.9. The van der Waals surface area contributed by atoms with Gasteiger partial charge in [0.2, 0.25) is 10.0 Å². The van der Waals surface area contributed by atoms with E-state index in [1.807, 2.05) is 0 Å². The molecule has 4 rings (SSSR count). The number of fused-ring (bicyclic) bond motifs is 1. The average molecular weight is 416 g/mol. The molecule has 2 aliphatic rings. The predicted octanol–water partition coefficient (Wildman–Crippen LogP) is 1.82. The normalized spacial score (nSPS) is 18.7. The quantitative estimate of drug-likeness (QED) is 0.827. The summed E-state index contributed by atoms with van der Waals surface area (Å²) in [5.74, 6) is 1.57. The van der Waals surface area contributed by atoms with Gasteiger partial charge in [-0.1, -0.05) is 6.07 Å². The third kappa shape index (κ3) is 3.73. The van der Waals surface area contributed by atoms with E-state index >= 15 is 0 Å². The van der Waals surface area contributed by atoms with Crippen molar-refractivity contribution in [3.63, 3.8) is 0 Å². The molecule has 0 radical (unpaired) electrons. The van der Waals surface area contributed by atoms with Crippen LogP contribution in [-0.4, -0.2) is 47.1 Å². The van der Waals surface area contributed by atoms with Crippen molar-refractivity contribution in [1.29, 1.82) is 0 Å². The Bertz CT molecular complexity index is 925. The summed E-state index contributed by atoms with van der Waals surface area (Å²) in [5.41, 5.74) is 0.563. The number of sulfonamides is 1. The highest BCUT2D eigenvalue weighted by molar-refractivity contribution is 7.89. The van der Waals surface area contributed by atoms with Crippen molar-refractivity contribution in [2.24, 2.45) is 0 Å². The number of benzene rings is 1. The average Bonchev–Trinajstić information content (AvgIpc) is 3.08. The number of hydrogen-bond donors (Lipinski definition) is 1. The van der Waals surface area contributed by atoms with E-state index in [1.54, 1.807) is 6.92 Å². The van der Waals surface area contributed by atoms with E-state index in [-0.39, 0.29) is 23.2 Å². The fourth-order valence-electron chi connectivity index (χ4n) is 3.76. The first kappa shape index (κ1) is 20.2. The van der Waals surface area contributed by atoms with E-state index < -0.39 is 15.8 Å². The summed E-state index contributed by atoms with van der Waals surface area (Å²) in [4.78, 5) is 0.0573.